The first kappa shape index (κ1) is 17.5. The van der Waals surface area contributed by atoms with Crippen LogP contribution in [0.15, 0.2) is 24.4 Å². The van der Waals surface area contributed by atoms with Crippen LogP contribution in [0.4, 0.5) is 0 Å². The molecule has 3 rings (SSSR count). The second kappa shape index (κ2) is 8.15. The lowest BCUT2D eigenvalue weighted by Gasteiger charge is -2.39. The fourth-order valence-electron chi connectivity index (χ4n) is 4.21. The molecule has 1 aliphatic carbocycles. The Kier molecular flexibility index (Phi) is 5.94. The first-order valence-corrected chi connectivity index (χ1v) is 9.69. The Labute approximate surface area is 146 Å². The smallest absolute Gasteiger partial charge is 0.140 e. The molecule has 1 aromatic heterocycles. The molecule has 3 heteroatoms. The second-order valence-corrected chi connectivity index (χ2v) is 7.05. The van der Waals surface area contributed by atoms with Gasteiger partial charge in [-0.05, 0) is 63.0 Å². The quantitative estimate of drug-likeness (QED) is 0.668. The van der Waals surface area contributed by atoms with Crippen LogP contribution >= 0.6 is 0 Å². The number of hydrogen-bond donors (Lipinski definition) is 0. The summed E-state index contributed by atoms with van der Waals surface area (Å²) in [5, 5.41) is 0. The molecule has 0 N–H and O–H groups in total. The number of rotatable bonds is 7. The van der Waals surface area contributed by atoms with Gasteiger partial charge >= 0.3 is 0 Å². The average Bonchev–Trinajstić information content (AvgIpc) is 3.17. The Hall–Kier alpha value is -1.35. The maximum Gasteiger partial charge on any atom is 0.140 e. The van der Waals surface area contributed by atoms with E-state index in [0.29, 0.717) is 12.5 Å². The van der Waals surface area contributed by atoms with E-state index < -0.39 is 0 Å². The Balaban J connectivity index is 1.79. The molecule has 0 amide bonds. The van der Waals surface area contributed by atoms with Crippen molar-refractivity contribution >= 4 is 0 Å². The summed E-state index contributed by atoms with van der Waals surface area (Å²) < 4.78 is 12.2. The Morgan fingerprint density at radius 1 is 1.29 bits per heavy atom. The molecular formula is C21H31NO2. The zero-order chi connectivity index (χ0) is 16.8. The van der Waals surface area contributed by atoms with Crippen LogP contribution in [-0.4, -0.2) is 23.8 Å². The summed E-state index contributed by atoms with van der Waals surface area (Å²) in [5.41, 5.74) is 2.36. The van der Waals surface area contributed by atoms with Gasteiger partial charge in [0.05, 0.1) is 25.0 Å². The van der Waals surface area contributed by atoms with Gasteiger partial charge in [0.2, 0.25) is 0 Å². The second-order valence-electron chi connectivity index (χ2n) is 7.05. The zero-order valence-electron chi connectivity index (χ0n) is 15.2. The highest BCUT2D eigenvalue weighted by Crippen LogP contribution is 2.42. The molecule has 3 nitrogen and oxygen atoms in total. The largest absolute Gasteiger partial charge is 0.492 e. The van der Waals surface area contributed by atoms with Crippen molar-refractivity contribution in [2.45, 2.75) is 70.8 Å². The molecule has 0 radical (unpaired) electrons. The average molecular weight is 329 g/mol. The third-order valence-electron chi connectivity index (χ3n) is 5.55. The van der Waals surface area contributed by atoms with Crippen LogP contribution in [0.3, 0.4) is 0 Å². The van der Waals surface area contributed by atoms with Gasteiger partial charge in [-0.15, -0.1) is 0 Å². The van der Waals surface area contributed by atoms with E-state index in [9.17, 15) is 0 Å². The lowest BCUT2D eigenvalue weighted by atomic mass is 9.79. The molecule has 1 fully saturated rings. The normalized spacial score (nSPS) is 24.4. The van der Waals surface area contributed by atoms with E-state index in [1.807, 2.05) is 13.1 Å². The molecule has 0 aromatic carbocycles. The van der Waals surface area contributed by atoms with Crippen molar-refractivity contribution in [2.24, 2.45) is 5.92 Å². The molecule has 0 spiro atoms. The first-order valence-electron chi connectivity index (χ1n) is 9.69. The van der Waals surface area contributed by atoms with Gasteiger partial charge in [0.25, 0.3) is 0 Å². The molecule has 1 aliphatic heterocycles. The lowest BCUT2D eigenvalue weighted by molar-refractivity contribution is -0.0601. The molecule has 24 heavy (non-hydrogen) atoms. The molecule has 1 unspecified atom stereocenters. The van der Waals surface area contributed by atoms with Gasteiger partial charge in [-0.3, -0.25) is 4.98 Å². The van der Waals surface area contributed by atoms with Crippen LogP contribution in [0, 0.1) is 5.92 Å². The number of pyridine rings is 1. The number of aryl methyl sites for hydroxylation is 2. The van der Waals surface area contributed by atoms with Gasteiger partial charge in [-0.1, -0.05) is 31.9 Å². The number of hydrogen-bond acceptors (Lipinski definition) is 3. The highest BCUT2D eigenvalue weighted by atomic mass is 16.5. The SMILES string of the molecule is CCOc1cnc(CC)cc1CCC1(C2CCCC2)C=CCCO1. The minimum absolute atomic E-state index is 0.0616. The van der Waals surface area contributed by atoms with Gasteiger partial charge in [0.15, 0.2) is 0 Å². The molecular weight excluding hydrogens is 298 g/mol. The minimum Gasteiger partial charge on any atom is -0.492 e. The Morgan fingerprint density at radius 3 is 2.79 bits per heavy atom. The van der Waals surface area contributed by atoms with Gasteiger partial charge in [-0.2, -0.15) is 0 Å². The van der Waals surface area contributed by atoms with Gasteiger partial charge in [0.1, 0.15) is 5.75 Å². The number of nitrogens with zero attached hydrogens (tertiary/aromatic N) is 1. The summed E-state index contributed by atoms with van der Waals surface area (Å²) in [7, 11) is 0. The Morgan fingerprint density at radius 2 is 2.12 bits per heavy atom. The molecule has 132 valence electrons. The Bertz CT molecular complexity index is 563. The maximum atomic E-state index is 6.38. The maximum absolute atomic E-state index is 6.38. The van der Waals surface area contributed by atoms with Crippen LogP contribution in [0.25, 0.3) is 0 Å². The van der Waals surface area contributed by atoms with Gasteiger partial charge in [-0.25, -0.2) is 0 Å². The molecule has 1 aromatic rings. The van der Waals surface area contributed by atoms with E-state index in [0.717, 1.165) is 43.7 Å². The van der Waals surface area contributed by atoms with E-state index in [-0.39, 0.29) is 5.60 Å². The first-order chi connectivity index (χ1) is 11.8. The van der Waals surface area contributed by atoms with Crippen LogP contribution < -0.4 is 4.74 Å². The molecule has 2 aliphatic rings. The van der Waals surface area contributed by atoms with Crippen LogP contribution in [0.5, 0.6) is 5.75 Å². The highest BCUT2D eigenvalue weighted by molar-refractivity contribution is 5.33. The summed E-state index contributed by atoms with van der Waals surface area (Å²) in [5.74, 6) is 1.62. The van der Waals surface area contributed by atoms with Crippen molar-refractivity contribution in [1.82, 2.24) is 4.98 Å². The van der Waals surface area contributed by atoms with E-state index in [4.69, 9.17) is 9.47 Å². The summed E-state index contributed by atoms with van der Waals surface area (Å²) in [4.78, 5) is 4.50. The number of ether oxygens (including phenoxy) is 2. The minimum atomic E-state index is -0.0616. The van der Waals surface area contributed by atoms with Crippen molar-refractivity contribution in [3.8, 4) is 5.75 Å². The van der Waals surface area contributed by atoms with E-state index >= 15 is 0 Å². The highest BCUT2D eigenvalue weighted by Gasteiger charge is 2.39. The topological polar surface area (TPSA) is 31.4 Å². The molecule has 1 saturated carbocycles. The predicted molar refractivity (Wildman–Crippen MR) is 97.5 cm³/mol. The van der Waals surface area contributed by atoms with Crippen LogP contribution in [-0.2, 0) is 17.6 Å². The zero-order valence-corrected chi connectivity index (χ0v) is 15.2. The van der Waals surface area contributed by atoms with Crippen molar-refractivity contribution in [2.75, 3.05) is 13.2 Å². The van der Waals surface area contributed by atoms with Crippen molar-refractivity contribution in [3.05, 3.63) is 35.7 Å². The van der Waals surface area contributed by atoms with Crippen LogP contribution in [0.1, 0.15) is 63.6 Å². The summed E-state index contributed by atoms with van der Waals surface area (Å²) >= 11 is 0. The van der Waals surface area contributed by atoms with Gasteiger partial charge < -0.3 is 9.47 Å². The van der Waals surface area contributed by atoms with Crippen LogP contribution in [0.2, 0.25) is 0 Å². The van der Waals surface area contributed by atoms with E-state index in [1.165, 1.54) is 31.2 Å². The fourth-order valence-corrected chi connectivity index (χ4v) is 4.21. The van der Waals surface area contributed by atoms with Crippen molar-refractivity contribution in [3.63, 3.8) is 0 Å². The lowest BCUT2D eigenvalue weighted by Crippen LogP contribution is -2.40. The number of aromatic nitrogens is 1. The van der Waals surface area contributed by atoms with Crippen molar-refractivity contribution in [1.29, 1.82) is 0 Å². The van der Waals surface area contributed by atoms with E-state index in [2.05, 4.69) is 30.1 Å². The van der Waals surface area contributed by atoms with Gasteiger partial charge in [0, 0.05) is 5.69 Å². The van der Waals surface area contributed by atoms with Crippen molar-refractivity contribution < 1.29 is 9.47 Å². The standard InChI is InChI=1S/C21H31NO2/c1-3-19-15-17(20(16-22-19)23-4-2)11-13-21(12-7-8-14-24-21)18-9-5-6-10-18/h7,12,15-16,18H,3-6,8-11,13-14H2,1-2H3. The molecule has 2 heterocycles. The molecule has 1 atom stereocenters. The monoisotopic (exact) mass is 329 g/mol. The third kappa shape index (κ3) is 3.83. The predicted octanol–water partition coefficient (Wildman–Crippen LogP) is 4.88. The molecule has 0 bridgehead atoms. The summed E-state index contributed by atoms with van der Waals surface area (Å²) in [6.45, 7) is 5.73. The summed E-state index contributed by atoms with van der Waals surface area (Å²) in [6.07, 6.45) is 16.0. The third-order valence-corrected chi connectivity index (χ3v) is 5.55. The van der Waals surface area contributed by atoms with E-state index in [1.54, 1.807) is 0 Å². The summed E-state index contributed by atoms with van der Waals surface area (Å²) in [6, 6.07) is 2.22. The molecule has 0 saturated heterocycles. The fraction of sp³-hybridized carbons (Fsp3) is 0.667.